The molecule has 0 spiro atoms. The van der Waals surface area contributed by atoms with E-state index in [-0.39, 0.29) is 11.7 Å². The molecule has 0 saturated heterocycles. The maximum Gasteiger partial charge on any atom is 0.271 e. The van der Waals surface area contributed by atoms with Gasteiger partial charge in [-0.3, -0.25) is 9.48 Å². The molecule has 0 aliphatic rings. The minimum absolute atomic E-state index is 0.188. The number of H-pyrrole nitrogens is 1. The topological polar surface area (TPSA) is 87.6 Å². The molecule has 1 aromatic carbocycles. The van der Waals surface area contributed by atoms with E-state index in [2.05, 4.69) is 44.5 Å². The number of anilines is 1. The van der Waals surface area contributed by atoms with Crippen molar-refractivity contribution in [3.63, 3.8) is 0 Å². The van der Waals surface area contributed by atoms with Crippen molar-refractivity contribution in [2.45, 2.75) is 33.2 Å². The van der Waals surface area contributed by atoms with Crippen LogP contribution in [0.4, 0.5) is 10.2 Å². The largest absolute Gasteiger partial charge is 0.368 e. The maximum absolute atomic E-state index is 12.9. The highest BCUT2D eigenvalue weighted by molar-refractivity contribution is 5.97. The number of halogens is 1. The van der Waals surface area contributed by atoms with Gasteiger partial charge in [-0.15, -0.1) is 0 Å². The monoisotopic (exact) mass is 408 g/mol. The first-order chi connectivity index (χ1) is 14.6. The Morgan fingerprint density at radius 1 is 1.20 bits per heavy atom. The molecule has 0 aliphatic heterocycles. The molecule has 0 unspecified atom stereocenters. The first-order valence-corrected chi connectivity index (χ1v) is 10.00. The minimum Gasteiger partial charge on any atom is -0.368 e. The number of aromatic amines is 1. The van der Waals surface area contributed by atoms with E-state index < -0.39 is 0 Å². The summed E-state index contributed by atoms with van der Waals surface area (Å²) in [6.07, 6.45) is 5.27. The Kier molecular flexibility index (Phi) is 7.22. The predicted octanol–water partition coefficient (Wildman–Crippen LogP) is 3.43. The van der Waals surface area contributed by atoms with Crippen LogP contribution in [0.3, 0.4) is 0 Å². The summed E-state index contributed by atoms with van der Waals surface area (Å²) in [6, 6.07) is 6.03. The van der Waals surface area contributed by atoms with Crippen LogP contribution in [0, 0.1) is 17.7 Å². The van der Waals surface area contributed by atoms with Gasteiger partial charge in [0.25, 0.3) is 5.91 Å². The second kappa shape index (κ2) is 10.3. The number of aromatic nitrogens is 4. The first kappa shape index (κ1) is 21.1. The maximum atomic E-state index is 12.9. The van der Waals surface area contributed by atoms with Crippen molar-refractivity contribution in [1.82, 2.24) is 25.1 Å². The van der Waals surface area contributed by atoms with Crippen LogP contribution in [-0.2, 0) is 6.54 Å². The Labute approximate surface area is 175 Å². The number of carbonyl (C=O) groups excluding carboxylic acids is 1. The normalized spacial score (nSPS) is 10.4. The lowest BCUT2D eigenvalue weighted by Gasteiger charge is -2.05. The van der Waals surface area contributed by atoms with E-state index in [0.29, 0.717) is 30.4 Å². The fourth-order valence-electron chi connectivity index (χ4n) is 2.70. The number of rotatable bonds is 8. The van der Waals surface area contributed by atoms with Crippen LogP contribution in [-0.4, -0.2) is 38.7 Å². The molecule has 0 saturated carbocycles. The highest BCUT2D eigenvalue weighted by atomic mass is 19.1. The highest BCUT2D eigenvalue weighted by Crippen LogP contribution is 2.21. The molecule has 3 aromatic rings. The SMILES string of the molecule is CCCNC(=O)c1[nH]c(-c2cnn(CC#Cc3ccc(F)cc3)c2)nc1NCCC. The molecule has 8 heteroatoms. The van der Waals surface area contributed by atoms with E-state index in [9.17, 15) is 9.18 Å². The number of imidazole rings is 1. The number of hydrogen-bond acceptors (Lipinski definition) is 4. The summed E-state index contributed by atoms with van der Waals surface area (Å²) < 4.78 is 14.6. The molecule has 0 bridgehead atoms. The number of amides is 1. The lowest BCUT2D eigenvalue weighted by Crippen LogP contribution is -2.25. The fourth-order valence-corrected chi connectivity index (χ4v) is 2.70. The smallest absolute Gasteiger partial charge is 0.271 e. The van der Waals surface area contributed by atoms with Gasteiger partial charge in [0.05, 0.1) is 11.8 Å². The second-order valence-corrected chi connectivity index (χ2v) is 6.73. The van der Waals surface area contributed by atoms with Crippen LogP contribution >= 0.6 is 0 Å². The van der Waals surface area contributed by atoms with Crippen molar-refractivity contribution >= 4 is 11.7 Å². The van der Waals surface area contributed by atoms with Crippen LogP contribution in [0.15, 0.2) is 36.7 Å². The number of hydrogen-bond donors (Lipinski definition) is 3. The zero-order chi connectivity index (χ0) is 21.3. The van der Waals surface area contributed by atoms with Crippen LogP contribution in [0.2, 0.25) is 0 Å². The fraction of sp³-hybridized carbons (Fsp3) is 0.318. The number of benzene rings is 1. The van der Waals surface area contributed by atoms with Crippen LogP contribution in [0.1, 0.15) is 42.7 Å². The Morgan fingerprint density at radius 2 is 1.97 bits per heavy atom. The van der Waals surface area contributed by atoms with Crippen molar-refractivity contribution in [3.05, 3.63) is 53.7 Å². The summed E-state index contributed by atoms with van der Waals surface area (Å²) in [6.45, 7) is 5.75. The number of nitrogens with one attached hydrogen (secondary N) is 3. The summed E-state index contributed by atoms with van der Waals surface area (Å²) in [5.74, 6) is 6.61. The van der Waals surface area contributed by atoms with Crippen LogP contribution in [0.5, 0.6) is 0 Å². The lowest BCUT2D eigenvalue weighted by molar-refractivity contribution is 0.0950. The molecule has 3 rings (SSSR count). The molecule has 2 heterocycles. The Bertz CT molecular complexity index is 1040. The van der Waals surface area contributed by atoms with E-state index in [4.69, 9.17) is 0 Å². The van der Waals surface area contributed by atoms with Crippen molar-refractivity contribution < 1.29 is 9.18 Å². The summed E-state index contributed by atoms with van der Waals surface area (Å²) in [5.41, 5.74) is 1.91. The summed E-state index contributed by atoms with van der Waals surface area (Å²) in [7, 11) is 0. The third kappa shape index (κ3) is 5.47. The van der Waals surface area contributed by atoms with Crippen LogP contribution in [0.25, 0.3) is 11.4 Å². The van der Waals surface area contributed by atoms with Gasteiger partial charge in [0, 0.05) is 24.8 Å². The van der Waals surface area contributed by atoms with Gasteiger partial charge in [-0.2, -0.15) is 5.10 Å². The molecule has 30 heavy (non-hydrogen) atoms. The molecule has 0 aliphatic carbocycles. The van der Waals surface area contributed by atoms with E-state index in [1.54, 1.807) is 23.0 Å². The molecule has 0 atom stereocenters. The van der Waals surface area contributed by atoms with Crippen molar-refractivity contribution in [2.75, 3.05) is 18.4 Å². The molecule has 2 aromatic heterocycles. The molecule has 1 amide bonds. The van der Waals surface area contributed by atoms with Crippen LogP contribution < -0.4 is 10.6 Å². The minimum atomic E-state index is -0.286. The zero-order valence-corrected chi connectivity index (χ0v) is 17.1. The van der Waals surface area contributed by atoms with Gasteiger partial charge in [-0.25, -0.2) is 9.37 Å². The lowest BCUT2D eigenvalue weighted by atomic mass is 10.2. The van der Waals surface area contributed by atoms with Crippen molar-refractivity contribution in [1.29, 1.82) is 0 Å². The number of carbonyl (C=O) groups is 1. The highest BCUT2D eigenvalue weighted by Gasteiger charge is 2.18. The van der Waals surface area contributed by atoms with E-state index in [1.165, 1.54) is 12.1 Å². The van der Waals surface area contributed by atoms with Gasteiger partial charge in [0.2, 0.25) is 0 Å². The molecule has 156 valence electrons. The van der Waals surface area contributed by atoms with Gasteiger partial charge in [0.15, 0.2) is 5.82 Å². The van der Waals surface area contributed by atoms with E-state index in [0.717, 1.165) is 30.5 Å². The van der Waals surface area contributed by atoms with E-state index >= 15 is 0 Å². The Balaban J connectivity index is 1.74. The van der Waals surface area contributed by atoms with Gasteiger partial charge in [-0.1, -0.05) is 25.7 Å². The van der Waals surface area contributed by atoms with Gasteiger partial charge in [0.1, 0.15) is 23.9 Å². The third-order valence-electron chi connectivity index (χ3n) is 4.23. The van der Waals surface area contributed by atoms with E-state index in [1.807, 2.05) is 13.1 Å². The zero-order valence-electron chi connectivity index (χ0n) is 17.1. The van der Waals surface area contributed by atoms with Gasteiger partial charge >= 0.3 is 0 Å². The van der Waals surface area contributed by atoms with Crippen molar-refractivity contribution in [3.8, 4) is 23.2 Å². The average Bonchev–Trinajstić information content (AvgIpc) is 3.39. The quantitative estimate of drug-likeness (QED) is 0.499. The van der Waals surface area contributed by atoms with Gasteiger partial charge in [-0.05, 0) is 37.1 Å². The summed E-state index contributed by atoms with van der Waals surface area (Å²) in [5, 5.41) is 10.4. The standard InChI is InChI=1S/C22H25FN6O/c1-3-11-24-21-19(22(30)25-12-4-2)27-20(28-21)17-14-26-29(15-17)13-5-6-16-7-9-18(23)10-8-16/h7-10,14-15,24H,3-4,11-13H2,1-2H3,(H,25,30)(H,27,28). The molecule has 7 nitrogen and oxygen atoms in total. The number of nitrogens with zero attached hydrogens (tertiary/aromatic N) is 3. The molecule has 0 fully saturated rings. The Hall–Kier alpha value is -3.60. The second-order valence-electron chi connectivity index (χ2n) is 6.73. The molecule has 3 N–H and O–H groups in total. The first-order valence-electron chi connectivity index (χ1n) is 10.00. The van der Waals surface area contributed by atoms with Crippen molar-refractivity contribution in [2.24, 2.45) is 0 Å². The molecular weight excluding hydrogens is 383 g/mol. The summed E-state index contributed by atoms with van der Waals surface area (Å²) in [4.78, 5) is 20.1. The Morgan fingerprint density at radius 3 is 2.70 bits per heavy atom. The van der Waals surface area contributed by atoms with Gasteiger partial charge < -0.3 is 15.6 Å². The molecular formula is C22H25FN6O. The predicted molar refractivity (Wildman–Crippen MR) is 114 cm³/mol. The summed E-state index contributed by atoms with van der Waals surface area (Å²) >= 11 is 0. The average molecular weight is 408 g/mol. The third-order valence-corrected chi connectivity index (χ3v) is 4.23. The molecule has 0 radical (unpaired) electrons.